The molecular formula is C21H16N2O4S2. The molecule has 0 atom stereocenters. The van der Waals surface area contributed by atoms with E-state index in [1.54, 1.807) is 47.7 Å². The van der Waals surface area contributed by atoms with Crippen LogP contribution in [0.5, 0.6) is 0 Å². The summed E-state index contributed by atoms with van der Waals surface area (Å²) >= 11 is 1.55. The summed E-state index contributed by atoms with van der Waals surface area (Å²) in [6.07, 6.45) is 4.09. The molecule has 0 unspecified atom stereocenters. The predicted octanol–water partition coefficient (Wildman–Crippen LogP) is 4.82. The van der Waals surface area contributed by atoms with E-state index in [9.17, 15) is 13.2 Å². The van der Waals surface area contributed by atoms with Crippen LogP contribution in [0, 0.1) is 0 Å². The standard InChI is InChI=1S/C21H16N2O4S2/c1-29(25,26)23-15-8-6-14(7-9-15)18(24)12-10-16-11-13-19(27-16)21-22-17-4-2-3-5-20(17)28-21/h2-13,23H,1H3/b12-10+. The summed E-state index contributed by atoms with van der Waals surface area (Å²) < 4.78 is 31.7. The Morgan fingerprint density at radius 2 is 1.83 bits per heavy atom. The minimum atomic E-state index is -3.35. The van der Waals surface area contributed by atoms with Gasteiger partial charge in [0.2, 0.25) is 10.0 Å². The van der Waals surface area contributed by atoms with Crippen molar-refractivity contribution >= 4 is 49.1 Å². The number of nitrogens with zero attached hydrogens (tertiary/aromatic N) is 1. The molecule has 0 saturated heterocycles. The second-order valence-corrected chi connectivity index (χ2v) is 9.12. The maximum absolute atomic E-state index is 12.3. The molecule has 0 saturated carbocycles. The highest BCUT2D eigenvalue weighted by Gasteiger charge is 2.10. The fraction of sp³-hybridized carbons (Fsp3) is 0.0476. The van der Waals surface area contributed by atoms with Gasteiger partial charge in [0.15, 0.2) is 16.6 Å². The fourth-order valence-electron chi connectivity index (χ4n) is 2.71. The van der Waals surface area contributed by atoms with E-state index in [1.807, 2.05) is 30.3 Å². The number of aromatic nitrogens is 1. The molecule has 0 fully saturated rings. The molecule has 2 heterocycles. The third-order valence-corrected chi connectivity index (χ3v) is 5.66. The van der Waals surface area contributed by atoms with Gasteiger partial charge in [-0.2, -0.15) is 0 Å². The fourth-order valence-corrected chi connectivity index (χ4v) is 4.20. The lowest BCUT2D eigenvalue weighted by Crippen LogP contribution is -2.09. The van der Waals surface area contributed by atoms with Crippen molar-refractivity contribution in [1.29, 1.82) is 0 Å². The number of sulfonamides is 1. The van der Waals surface area contributed by atoms with Crippen LogP contribution >= 0.6 is 11.3 Å². The molecule has 4 aromatic rings. The van der Waals surface area contributed by atoms with Crippen LogP contribution in [-0.4, -0.2) is 25.4 Å². The van der Waals surface area contributed by atoms with Gasteiger partial charge in [-0.1, -0.05) is 12.1 Å². The molecule has 0 aliphatic heterocycles. The highest BCUT2D eigenvalue weighted by Crippen LogP contribution is 2.31. The van der Waals surface area contributed by atoms with Gasteiger partial charge in [-0.25, -0.2) is 13.4 Å². The van der Waals surface area contributed by atoms with E-state index in [0.29, 0.717) is 22.8 Å². The van der Waals surface area contributed by atoms with Crippen molar-refractivity contribution < 1.29 is 17.6 Å². The lowest BCUT2D eigenvalue weighted by molar-refractivity contribution is 0.104. The number of carbonyl (C=O) groups is 1. The minimum Gasteiger partial charge on any atom is -0.454 e. The van der Waals surface area contributed by atoms with Crippen LogP contribution in [0.1, 0.15) is 16.1 Å². The van der Waals surface area contributed by atoms with E-state index >= 15 is 0 Å². The zero-order valence-corrected chi connectivity index (χ0v) is 17.0. The normalized spacial score (nSPS) is 11.9. The minimum absolute atomic E-state index is 0.214. The van der Waals surface area contributed by atoms with E-state index in [2.05, 4.69) is 9.71 Å². The Bertz CT molecular complexity index is 1280. The average molecular weight is 425 g/mol. The number of allylic oxidation sites excluding steroid dienone is 1. The Labute approximate surface area is 171 Å². The molecule has 6 nitrogen and oxygen atoms in total. The van der Waals surface area contributed by atoms with Crippen molar-refractivity contribution in [2.24, 2.45) is 0 Å². The van der Waals surface area contributed by atoms with Crippen molar-refractivity contribution in [3.05, 3.63) is 78.1 Å². The topological polar surface area (TPSA) is 89.3 Å². The first-order valence-electron chi connectivity index (χ1n) is 8.63. The van der Waals surface area contributed by atoms with Crippen LogP contribution in [0.15, 0.2) is 71.2 Å². The Morgan fingerprint density at radius 3 is 2.55 bits per heavy atom. The molecule has 0 amide bonds. The summed E-state index contributed by atoms with van der Waals surface area (Å²) in [4.78, 5) is 16.9. The lowest BCUT2D eigenvalue weighted by Gasteiger charge is -2.03. The van der Waals surface area contributed by atoms with Gasteiger partial charge in [0.1, 0.15) is 5.76 Å². The number of hydrogen-bond donors (Lipinski definition) is 1. The highest BCUT2D eigenvalue weighted by molar-refractivity contribution is 7.92. The summed E-state index contributed by atoms with van der Waals surface area (Å²) in [5.41, 5.74) is 1.77. The molecule has 29 heavy (non-hydrogen) atoms. The lowest BCUT2D eigenvalue weighted by atomic mass is 10.1. The van der Waals surface area contributed by atoms with Gasteiger partial charge in [0, 0.05) is 11.3 Å². The van der Waals surface area contributed by atoms with E-state index in [0.717, 1.165) is 21.5 Å². The maximum atomic E-state index is 12.3. The van der Waals surface area contributed by atoms with Crippen molar-refractivity contribution in [3.8, 4) is 10.8 Å². The van der Waals surface area contributed by atoms with Crippen LogP contribution in [0.2, 0.25) is 0 Å². The van der Waals surface area contributed by atoms with Gasteiger partial charge in [-0.05, 0) is 60.7 Å². The van der Waals surface area contributed by atoms with Crippen LogP contribution in [-0.2, 0) is 10.0 Å². The van der Waals surface area contributed by atoms with E-state index in [1.165, 1.54) is 6.08 Å². The zero-order valence-electron chi connectivity index (χ0n) is 15.3. The van der Waals surface area contributed by atoms with Gasteiger partial charge in [-0.3, -0.25) is 9.52 Å². The molecular weight excluding hydrogens is 408 g/mol. The van der Waals surface area contributed by atoms with E-state index in [4.69, 9.17) is 4.42 Å². The molecule has 0 radical (unpaired) electrons. The summed E-state index contributed by atoms with van der Waals surface area (Å²) in [6, 6.07) is 17.7. The first-order valence-corrected chi connectivity index (χ1v) is 11.3. The molecule has 0 aliphatic carbocycles. The quantitative estimate of drug-likeness (QED) is 0.354. The molecule has 146 valence electrons. The number of fused-ring (bicyclic) bond motifs is 1. The van der Waals surface area contributed by atoms with Crippen molar-refractivity contribution in [2.45, 2.75) is 0 Å². The van der Waals surface area contributed by atoms with Gasteiger partial charge in [0.25, 0.3) is 0 Å². The SMILES string of the molecule is CS(=O)(=O)Nc1ccc(C(=O)/C=C/c2ccc(-c3nc4ccccc4s3)o2)cc1. The monoisotopic (exact) mass is 424 g/mol. The van der Waals surface area contributed by atoms with Crippen LogP contribution < -0.4 is 4.72 Å². The van der Waals surface area contributed by atoms with Gasteiger partial charge in [0.05, 0.1) is 16.5 Å². The molecule has 8 heteroatoms. The number of hydrogen-bond acceptors (Lipinski definition) is 6. The first-order chi connectivity index (χ1) is 13.9. The van der Waals surface area contributed by atoms with E-state index in [-0.39, 0.29) is 5.78 Å². The van der Waals surface area contributed by atoms with Gasteiger partial charge < -0.3 is 4.42 Å². The van der Waals surface area contributed by atoms with Crippen LogP contribution in [0.25, 0.3) is 27.1 Å². The van der Waals surface area contributed by atoms with Crippen LogP contribution in [0.4, 0.5) is 5.69 Å². The van der Waals surface area contributed by atoms with Crippen molar-refractivity contribution in [1.82, 2.24) is 4.98 Å². The Hall–Kier alpha value is -3.23. The largest absolute Gasteiger partial charge is 0.454 e. The van der Waals surface area contributed by atoms with Gasteiger partial charge in [-0.15, -0.1) is 11.3 Å². The number of benzene rings is 2. The molecule has 2 aromatic heterocycles. The Morgan fingerprint density at radius 1 is 1.07 bits per heavy atom. The number of nitrogens with one attached hydrogen (secondary N) is 1. The van der Waals surface area contributed by atoms with Crippen molar-refractivity contribution in [3.63, 3.8) is 0 Å². The number of para-hydroxylation sites is 1. The third kappa shape index (κ3) is 4.61. The molecule has 0 bridgehead atoms. The number of furan rings is 1. The predicted molar refractivity (Wildman–Crippen MR) is 116 cm³/mol. The Balaban J connectivity index is 1.47. The summed E-state index contributed by atoms with van der Waals surface area (Å²) in [5.74, 6) is 0.978. The second-order valence-electron chi connectivity index (χ2n) is 6.34. The number of ketones is 1. The third-order valence-electron chi connectivity index (χ3n) is 4.00. The molecule has 0 spiro atoms. The smallest absolute Gasteiger partial charge is 0.229 e. The van der Waals surface area contributed by atoms with Crippen LogP contribution in [0.3, 0.4) is 0 Å². The number of anilines is 1. The van der Waals surface area contributed by atoms with Crippen molar-refractivity contribution in [2.75, 3.05) is 11.0 Å². The number of thiazole rings is 1. The van der Waals surface area contributed by atoms with Gasteiger partial charge >= 0.3 is 0 Å². The Kier molecular flexibility index (Phi) is 5.04. The number of carbonyl (C=O) groups excluding carboxylic acids is 1. The molecule has 2 aromatic carbocycles. The highest BCUT2D eigenvalue weighted by atomic mass is 32.2. The molecule has 1 N–H and O–H groups in total. The van der Waals surface area contributed by atoms with E-state index < -0.39 is 10.0 Å². The summed E-state index contributed by atoms with van der Waals surface area (Å²) in [7, 11) is -3.35. The zero-order chi connectivity index (χ0) is 20.4. The summed E-state index contributed by atoms with van der Waals surface area (Å²) in [5, 5.41) is 0.783. The number of rotatable bonds is 6. The first kappa shape index (κ1) is 19.1. The maximum Gasteiger partial charge on any atom is 0.229 e. The molecule has 4 rings (SSSR count). The summed E-state index contributed by atoms with van der Waals surface area (Å²) in [6.45, 7) is 0. The second kappa shape index (κ2) is 7.65. The average Bonchev–Trinajstić information content (AvgIpc) is 3.32. The molecule has 0 aliphatic rings.